The van der Waals surface area contributed by atoms with Crippen LogP contribution in [0.25, 0.3) is 0 Å². The summed E-state index contributed by atoms with van der Waals surface area (Å²) in [6, 6.07) is 0. The average molecular weight is 691 g/mol. The molecule has 0 aliphatic heterocycles. The molecule has 0 rings (SSSR count). The van der Waals surface area contributed by atoms with Gasteiger partial charge in [-0.25, -0.2) is 0 Å². The number of carbonyl (C=O) groups excluding carboxylic acids is 1. The molecule has 3 nitrogen and oxygen atoms in total. The van der Waals surface area contributed by atoms with Gasteiger partial charge in [-0.2, -0.15) is 0 Å². The van der Waals surface area contributed by atoms with Gasteiger partial charge in [0.1, 0.15) is 0 Å². The molecule has 0 aromatic heterocycles. The number of allylic oxidation sites excluding steroid dienone is 1. The molecule has 0 radical (unpaired) electrons. The van der Waals surface area contributed by atoms with Crippen LogP contribution in [0.3, 0.4) is 0 Å². The third kappa shape index (κ3) is 43.3. The van der Waals surface area contributed by atoms with E-state index in [1.54, 1.807) is 0 Å². The Hall–Kier alpha value is -0.830. The molecule has 0 unspecified atom stereocenters. The lowest BCUT2D eigenvalue weighted by molar-refractivity contribution is -0.143. The molecule has 49 heavy (non-hydrogen) atoms. The van der Waals surface area contributed by atoms with E-state index in [2.05, 4.69) is 26.0 Å². The van der Waals surface area contributed by atoms with Gasteiger partial charge in [-0.05, 0) is 38.5 Å². The predicted molar refractivity (Wildman–Crippen MR) is 218 cm³/mol. The van der Waals surface area contributed by atoms with Gasteiger partial charge in [0.25, 0.3) is 0 Å². The summed E-state index contributed by atoms with van der Waals surface area (Å²) in [7, 11) is 0. The van der Waals surface area contributed by atoms with Crippen LogP contribution in [0.2, 0.25) is 0 Å². The Labute approximate surface area is 309 Å². The molecule has 0 saturated carbocycles. The molecule has 0 aromatic carbocycles. The molecular formula is C46H90O3. The quantitative estimate of drug-likeness (QED) is 0.0394. The van der Waals surface area contributed by atoms with Gasteiger partial charge in [-0.1, -0.05) is 231 Å². The van der Waals surface area contributed by atoms with Gasteiger partial charge in [0, 0.05) is 6.42 Å². The number of ether oxygens (including phenoxy) is 1. The normalized spacial score (nSPS) is 12.3. The maximum absolute atomic E-state index is 12.0. The van der Waals surface area contributed by atoms with E-state index in [1.807, 2.05) is 0 Å². The van der Waals surface area contributed by atoms with E-state index in [-0.39, 0.29) is 12.1 Å². The zero-order valence-electron chi connectivity index (χ0n) is 33.8. The van der Waals surface area contributed by atoms with Crippen molar-refractivity contribution >= 4 is 5.97 Å². The molecule has 0 bridgehead atoms. The highest BCUT2D eigenvalue weighted by Crippen LogP contribution is 2.16. The highest BCUT2D eigenvalue weighted by atomic mass is 16.5. The van der Waals surface area contributed by atoms with Crippen LogP contribution in [-0.4, -0.2) is 23.8 Å². The third-order valence-electron chi connectivity index (χ3n) is 10.5. The lowest BCUT2D eigenvalue weighted by atomic mass is 10.0. The standard InChI is InChI=1S/C46H90O3/c1-3-5-7-9-10-11-12-13-14-15-16-17-18-19-20-21-22-23-24-25-26-29-32-35-39-43-46(48)49-44-40-36-33-30-27-28-31-34-38-42-45(47)41-37-8-6-4-2/h34,38,45,47H,3-33,35-37,39-44H2,1-2H3/b38-34-/t45-/m1/s1. The molecule has 0 spiro atoms. The van der Waals surface area contributed by atoms with Crippen LogP contribution in [0, 0.1) is 0 Å². The maximum Gasteiger partial charge on any atom is 0.305 e. The fourth-order valence-electron chi connectivity index (χ4n) is 7.03. The number of carbonyl (C=O) groups is 1. The number of unbranched alkanes of at least 4 members (excludes halogenated alkanes) is 33. The molecule has 0 heterocycles. The fraction of sp³-hybridized carbons (Fsp3) is 0.935. The summed E-state index contributed by atoms with van der Waals surface area (Å²) in [4.78, 5) is 12.0. The third-order valence-corrected chi connectivity index (χ3v) is 10.5. The van der Waals surface area contributed by atoms with E-state index in [0.29, 0.717) is 13.0 Å². The summed E-state index contributed by atoms with van der Waals surface area (Å²) in [5.41, 5.74) is 0. The van der Waals surface area contributed by atoms with Gasteiger partial charge in [0.2, 0.25) is 0 Å². The Morgan fingerprint density at radius 1 is 0.449 bits per heavy atom. The Balaban J connectivity index is 3.20. The van der Waals surface area contributed by atoms with Gasteiger partial charge in [0.05, 0.1) is 12.7 Å². The van der Waals surface area contributed by atoms with Crippen LogP contribution in [0.1, 0.15) is 264 Å². The number of rotatable bonds is 42. The lowest BCUT2D eigenvalue weighted by Crippen LogP contribution is -2.05. The Morgan fingerprint density at radius 3 is 1.22 bits per heavy atom. The summed E-state index contributed by atoms with van der Waals surface area (Å²) < 4.78 is 5.46. The highest BCUT2D eigenvalue weighted by Gasteiger charge is 2.03. The van der Waals surface area contributed by atoms with Crippen molar-refractivity contribution in [2.24, 2.45) is 0 Å². The Kier molecular flexibility index (Phi) is 42.6. The number of hydrogen-bond acceptors (Lipinski definition) is 3. The zero-order valence-corrected chi connectivity index (χ0v) is 33.8. The number of hydrogen-bond donors (Lipinski definition) is 1. The minimum absolute atomic E-state index is 0.00643. The topological polar surface area (TPSA) is 46.5 Å². The summed E-state index contributed by atoms with van der Waals surface area (Å²) in [6.07, 6.45) is 54.9. The second kappa shape index (κ2) is 43.3. The van der Waals surface area contributed by atoms with Crippen molar-refractivity contribution in [2.45, 2.75) is 270 Å². The van der Waals surface area contributed by atoms with Gasteiger partial charge in [0.15, 0.2) is 0 Å². The van der Waals surface area contributed by atoms with Crippen LogP contribution >= 0.6 is 0 Å². The SMILES string of the molecule is CCCCCCCCCCCCCCCCCCCCCCCCCCCC(=O)OCCCCCCCC/C=C\C[C@H](O)CCCCCC. The summed E-state index contributed by atoms with van der Waals surface area (Å²) >= 11 is 0. The van der Waals surface area contributed by atoms with Crippen molar-refractivity contribution in [1.82, 2.24) is 0 Å². The molecule has 0 aliphatic rings. The van der Waals surface area contributed by atoms with Crippen molar-refractivity contribution in [3.63, 3.8) is 0 Å². The summed E-state index contributed by atoms with van der Waals surface area (Å²) in [5, 5.41) is 10.0. The fourth-order valence-corrected chi connectivity index (χ4v) is 7.03. The Bertz CT molecular complexity index is 644. The predicted octanol–water partition coefficient (Wildman–Crippen LogP) is 15.7. The summed E-state index contributed by atoms with van der Waals surface area (Å²) in [6.45, 7) is 5.12. The van der Waals surface area contributed by atoms with Gasteiger partial charge in [-0.15, -0.1) is 0 Å². The van der Waals surface area contributed by atoms with Gasteiger partial charge in [-0.3, -0.25) is 4.79 Å². The minimum Gasteiger partial charge on any atom is -0.466 e. The van der Waals surface area contributed by atoms with E-state index < -0.39 is 0 Å². The Morgan fingerprint density at radius 2 is 0.796 bits per heavy atom. The molecule has 1 N–H and O–H groups in total. The van der Waals surface area contributed by atoms with Gasteiger partial charge < -0.3 is 9.84 Å². The first-order chi connectivity index (χ1) is 24.2. The van der Waals surface area contributed by atoms with Crippen molar-refractivity contribution in [3.05, 3.63) is 12.2 Å². The molecule has 3 heteroatoms. The monoisotopic (exact) mass is 691 g/mol. The van der Waals surface area contributed by atoms with Crippen LogP contribution in [0.15, 0.2) is 12.2 Å². The number of esters is 1. The second-order valence-electron chi connectivity index (χ2n) is 15.6. The first-order valence-electron chi connectivity index (χ1n) is 22.7. The lowest BCUT2D eigenvalue weighted by Gasteiger charge is -2.07. The van der Waals surface area contributed by atoms with Gasteiger partial charge >= 0.3 is 5.97 Å². The highest BCUT2D eigenvalue weighted by molar-refractivity contribution is 5.69. The molecule has 0 fully saturated rings. The molecule has 0 amide bonds. The molecular weight excluding hydrogens is 601 g/mol. The van der Waals surface area contributed by atoms with E-state index in [4.69, 9.17) is 4.74 Å². The molecule has 1 atom stereocenters. The second-order valence-corrected chi connectivity index (χ2v) is 15.6. The molecule has 0 saturated heterocycles. The van der Waals surface area contributed by atoms with Crippen LogP contribution in [0.4, 0.5) is 0 Å². The van der Waals surface area contributed by atoms with Crippen molar-refractivity contribution in [1.29, 1.82) is 0 Å². The van der Waals surface area contributed by atoms with E-state index >= 15 is 0 Å². The largest absolute Gasteiger partial charge is 0.466 e. The zero-order chi connectivity index (χ0) is 35.6. The summed E-state index contributed by atoms with van der Waals surface area (Å²) in [5.74, 6) is 0.00643. The van der Waals surface area contributed by atoms with E-state index in [9.17, 15) is 9.90 Å². The van der Waals surface area contributed by atoms with Crippen molar-refractivity contribution < 1.29 is 14.6 Å². The van der Waals surface area contributed by atoms with Crippen LogP contribution < -0.4 is 0 Å². The van der Waals surface area contributed by atoms with Crippen LogP contribution in [-0.2, 0) is 9.53 Å². The smallest absolute Gasteiger partial charge is 0.305 e. The van der Waals surface area contributed by atoms with Crippen LogP contribution in [0.5, 0.6) is 0 Å². The average Bonchev–Trinajstić information content (AvgIpc) is 3.10. The minimum atomic E-state index is -0.157. The first kappa shape index (κ1) is 48.2. The van der Waals surface area contributed by atoms with E-state index in [1.165, 1.54) is 199 Å². The maximum atomic E-state index is 12.0. The van der Waals surface area contributed by atoms with E-state index in [0.717, 1.165) is 44.9 Å². The van der Waals surface area contributed by atoms with Crippen molar-refractivity contribution in [2.75, 3.05) is 6.61 Å². The number of aliphatic hydroxyl groups excluding tert-OH is 1. The molecule has 292 valence electrons. The number of aliphatic hydroxyl groups is 1. The molecule has 0 aliphatic carbocycles. The van der Waals surface area contributed by atoms with Crippen molar-refractivity contribution in [3.8, 4) is 0 Å². The molecule has 0 aromatic rings. The first-order valence-corrected chi connectivity index (χ1v) is 22.7.